The number of nitrogens with one attached hydrogen (secondary N) is 2. The largest absolute Gasteiger partial charge is 0.453 e. The van der Waals surface area contributed by atoms with E-state index in [9.17, 15) is 9.59 Å². The lowest BCUT2D eigenvalue weighted by Crippen LogP contribution is -2.47. The number of methoxy groups -OCH3 is 1. The molecule has 1 aliphatic rings. The van der Waals surface area contributed by atoms with E-state index in [1.807, 2.05) is 0 Å². The molecule has 120 valence electrons. The van der Waals surface area contributed by atoms with Gasteiger partial charge >= 0.3 is 12.1 Å². The van der Waals surface area contributed by atoms with Gasteiger partial charge in [-0.25, -0.2) is 9.59 Å². The predicted molar refractivity (Wildman–Crippen MR) is 85.6 cm³/mol. The number of likely N-dealkylation sites (tertiary alicyclic amines) is 1. The molecule has 2 rings (SSSR count). The number of piperidine rings is 1. The fourth-order valence-electron chi connectivity index (χ4n) is 2.31. The molecular weight excluding hydrogens is 329 g/mol. The minimum atomic E-state index is -0.337. The van der Waals surface area contributed by atoms with E-state index in [4.69, 9.17) is 23.2 Å². The van der Waals surface area contributed by atoms with E-state index in [0.29, 0.717) is 41.7 Å². The Hall–Kier alpha value is -1.66. The van der Waals surface area contributed by atoms with Crippen molar-refractivity contribution in [3.05, 3.63) is 28.2 Å². The summed E-state index contributed by atoms with van der Waals surface area (Å²) in [5.74, 6) is 0. The number of urea groups is 1. The molecule has 0 saturated carbocycles. The summed E-state index contributed by atoms with van der Waals surface area (Å²) in [6.45, 7) is 1.11. The SMILES string of the molecule is COC(=O)N1CCC(NC(=O)Nc2cc(Cl)cc(Cl)c2)CC1. The number of carbonyl (C=O) groups excluding carboxylic acids is 2. The predicted octanol–water partition coefficient (Wildman–Crippen LogP) is 3.35. The molecule has 1 aliphatic heterocycles. The number of halogens is 2. The molecule has 1 aromatic rings. The third-order valence-electron chi connectivity index (χ3n) is 3.38. The number of ether oxygens (including phenoxy) is 1. The van der Waals surface area contributed by atoms with E-state index in [1.54, 1.807) is 23.1 Å². The highest BCUT2D eigenvalue weighted by atomic mass is 35.5. The molecule has 22 heavy (non-hydrogen) atoms. The van der Waals surface area contributed by atoms with Gasteiger partial charge in [0.05, 0.1) is 7.11 Å². The van der Waals surface area contributed by atoms with Crippen LogP contribution in [-0.2, 0) is 4.74 Å². The van der Waals surface area contributed by atoms with Crippen molar-refractivity contribution in [3.63, 3.8) is 0 Å². The number of amides is 3. The van der Waals surface area contributed by atoms with E-state index in [0.717, 1.165) is 0 Å². The number of hydrogen-bond donors (Lipinski definition) is 2. The molecule has 0 spiro atoms. The highest BCUT2D eigenvalue weighted by Crippen LogP contribution is 2.22. The summed E-state index contributed by atoms with van der Waals surface area (Å²) < 4.78 is 4.67. The Kier molecular flexibility index (Phi) is 5.74. The summed E-state index contributed by atoms with van der Waals surface area (Å²) in [6, 6.07) is 4.51. The minimum absolute atomic E-state index is 0.00978. The van der Waals surface area contributed by atoms with Gasteiger partial charge in [0.2, 0.25) is 0 Å². The Labute approximate surface area is 138 Å². The van der Waals surface area contributed by atoms with Crippen LogP contribution in [0.1, 0.15) is 12.8 Å². The maximum atomic E-state index is 12.0. The Morgan fingerprint density at radius 3 is 2.32 bits per heavy atom. The van der Waals surface area contributed by atoms with Crippen molar-refractivity contribution >= 4 is 41.0 Å². The average molecular weight is 346 g/mol. The lowest BCUT2D eigenvalue weighted by molar-refractivity contribution is 0.110. The smallest absolute Gasteiger partial charge is 0.409 e. The maximum Gasteiger partial charge on any atom is 0.409 e. The van der Waals surface area contributed by atoms with Crippen LogP contribution < -0.4 is 10.6 Å². The molecule has 2 N–H and O–H groups in total. The highest BCUT2D eigenvalue weighted by molar-refractivity contribution is 6.35. The van der Waals surface area contributed by atoms with Crippen molar-refractivity contribution in [2.75, 3.05) is 25.5 Å². The van der Waals surface area contributed by atoms with E-state index in [-0.39, 0.29) is 18.2 Å². The van der Waals surface area contributed by atoms with Crippen LogP contribution in [0.2, 0.25) is 10.0 Å². The summed E-state index contributed by atoms with van der Waals surface area (Å²) in [7, 11) is 1.36. The van der Waals surface area contributed by atoms with Crippen LogP contribution in [0.25, 0.3) is 0 Å². The topological polar surface area (TPSA) is 70.7 Å². The van der Waals surface area contributed by atoms with Gasteiger partial charge in [-0.3, -0.25) is 0 Å². The molecule has 1 fully saturated rings. The molecule has 0 aromatic heterocycles. The number of benzene rings is 1. The fourth-order valence-corrected chi connectivity index (χ4v) is 2.84. The number of hydrogen-bond acceptors (Lipinski definition) is 3. The van der Waals surface area contributed by atoms with E-state index >= 15 is 0 Å². The van der Waals surface area contributed by atoms with E-state index in [1.165, 1.54) is 7.11 Å². The minimum Gasteiger partial charge on any atom is -0.453 e. The zero-order chi connectivity index (χ0) is 16.1. The van der Waals surface area contributed by atoms with E-state index < -0.39 is 0 Å². The first kappa shape index (κ1) is 16.7. The Morgan fingerprint density at radius 2 is 1.77 bits per heavy atom. The molecule has 1 saturated heterocycles. The van der Waals surface area contributed by atoms with Crippen molar-refractivity contribution in [3.8, 4) is 0 Å². The first-order chi connectivity index (χ1) is 10.5. The third-order valence-corrected chi connectivity index (χ3v) is 3.82. The third kappa shape index (κ3) is 4.68. The van der Waals surface area contributed by atoms with Crippen LogP contribution in [0.3, 0.4) is 0 Å². The molecule has 1 aromatic carbocycles. The van der Waals surface area contributed by atoms with Gasteiger partial charge in [0.15, 0.2) is 0 Å². The molecule has 8 heteroatoms. The van der Waals surface area contributed by atoms with Crippen LogP contribution in [0.15, 0.2) is 18.2 Å². The van der Waals surface area contributed by atoms with Crippen LogP contribution in [0.5, 0.6) is 0 Å². The van der Waals surface area contributed by atoms with E-state index in [2.05, 4.69) is 15.4 Å². The molecule has 0 atom stereocenters. The first-order valence-electron chi connectivity index (χ1n) is 6.84. The number of anilines is 1. The van der Waals surface area contributed by atoms with Crippen LogP contribution >= 0.6 is 23.2 Å². The molecule has 0 unspecified atom stereocenters. The number of nitrogens with zero attached hydrogens (tertiary/aromatic N) is 1. The van der Waals surface area contributed by atoms with Crippen LogP contribution in [0, 0.1) is 0 Å². The number of rotatable bonds is 2. The molecular formula is C14H17Cl2N3O3. The summed E-state index contributed by atoms with van der Waals surface area (Å²) in [4.78, 5) is 25.0. The van der Waals surface area contributed by atoms with Gasteiger partial charge in [0.25, 0.3) is 0 Å². The van der Waals surface area contributed by atoms with Gasteiger partial charge < -0.3 is 20.3 Å². The summed E-state index contributed by atoms with van der Waals surface area (Å²) in [6.07, 6.45) is 1.02. The van der Waals surface area contributed by atoms with Crippen LogP contribution in [-0.4, -0.2) is 43.3 Å². The Bertz CT molecular complexity index is 540. The van der Waals surface area contributed by atoms with Gasteiger partial charge in [-0.2, -0.15) is 0 Å². The molecule has 0 radical (unpaired) electrons. The lowest BCUT2D eigenvalue weighted by atomic mass is 10.1. The maximum absolute atomic E-state index is 12.0. The molecule has 3 amide bonds. The van der Waals surface area contributed by atoms with Gasteiger partial charge in [-0.1, -0.05) is 23.2 Å². The van der Waals surface area contributed by atoms with Gasteiger partial charge in [0.1, 0.15) is 0 Å². The average Bonchev–Trinajstić information content (AvgIpc) is 2.46. The lowest BCUT2D eigenvalue weighted by Gasteiger charge is -2.31. The van der Waals surface area contributed by atoms with Crippen molar-refractivity contribution in [1.29, 1.82) is 0 Å². The quantitative estimate of drug-likeness (QED) is 0.863. The van der Waals surface area contributed by atoms with Crippen molar-refractivity contribution in [2.24, 2.45) is 0 Å². The van der Waals surface area contributed by atoms with Crippen molar-refractivity contribution in [2.45, 2.75) is 18.9 Å². The summed E-state index contributed by atoms with van der Waals surface area (Å²) in [5.41, 5.74) is 0.530. The molecule has 0 aliphatic carbocycles. The number of carbonyl (C=O) groups is 2. The van der Waals surface area contributed by atoms with Gasteiger partial charge in [-0.15, -0.1) is 0 Å². The van der Waals surface area contributed by atoms with Crippen LogP contribution in [0.4, 0.5) is 15.3 Å². The molecule has 1 heterocycles. The molecule has 0 bridgehead atoms. The second-order valence-electron chi connectivity index (χ2n) is 4.99. The zero-order valence-electron chi connectivity index (χ0n) is 12.1. The monoisotopic (exact) mass is 345 g/mol. The summed E-state index contributed by atoms with van der Waals surface area (Å²) in [5, 5.41) is 6.47. The zero-order valence-corrected chi connectivity index (χ0v) is 13.6. The fraction of sp³-hybridized carbons (Fsp3) is 0.429. The molecule has 6 nitrogen and oxygen atoms in total. The summed E-state index contributed by atoms with van der Waals surface area (Å²) >= 11 is 11.8. The standard InChI is InChI=1S/C14H17Cl2N3O3/c1-22-14(21)19-4-2-11(3-5-19)17-13(20)18-12-7-9(15)6-10(16)8-12/h6-8,11H,2-5H2,1H3,(H2,17,18,20). The van der Waals surface area contributed by atoms with Crippen molar-refractivity contribution in [1.82, 2.24) is 10.2 Å². The second-order valence-corrected chi connectivity index (χ2v) is 5.86. The van der Waals surface area contributed by atoms with Gasteiger partial charge in [0, 0.05) is 34.9 Å². The van der Waals surface area contributed by atoms with Crippen molar-refractivity contribution < 1.29 is 14.3 Å². The Balaban J connectivity index is 1.82. The Morgan fingerprint density at radius 1 is 1.18 bits per heavy atom. The van der Waals surface area contributed by atoms with Gasteiger partial charge in [-0.05, 0) is 31.0 Å². The highest BCUT2D eigenvalue weighted by Gasteiger charge is 2.24. The normalized spacial score (nSPS) is 15.3. The second kappa shape index (κ2) is 7.56. The first-order valence-corrected chi connectivity index (χ1v) is 7.60.